The number of ketones is 2. The van der Waals surface area contributed by atoms with Crippen LogP contribution in [0.5, 0.6) is 0 Å². The molecule has 0 aromatic rings. The molecule has 4 aliphatic carbocycles. The Morgan fingerprint density at radius 1 is 1.29 bits per heavy atom. The maximum atomic E-state index is 14.9. The minimum absolute atomic E-state index is 0.0427. The Bertz CT molecular complexity index is 1010. The monoisotopic (exact) mass is 510 g/mol. The average Bonchev–Trinajstić information content (AvgIpc) is 3.03. The Morgan fingerprint density at radius 3 is 2.60 bits per heavy atom. The van der Waals surface area contributed by atoms with Gasteiger partial charge in [-0.1, -0.05) is 40.2 Å². The summed E-state index contributed by atoms with van der Waals surface area (Å²) in [5, 5.41) is 21.6. The number of alkyl halides is 1. The number of rotatable bonds is 6. The van der Waals surface area contributed by atoms with Gasteiger partial charge in [-0.15, -0.1) is 11.6 Å². The smallest absolute Gasteiger partial charge is 0.306 e. The van der Waals surface area contributed by atoms with Gasteiger partial charge in [-0.05, 0) is 55.6 Å². The molecule has 0 spiro atoms. The third-order valence-electron chi connectivity index (χ3n) is 9.84. The van der Waals surface area contributed by atoms with Gasteiger partial charge in [0.15, 0.2) is 11.4 Å². The van der Waals surface area contributed by atoms with Crippen LogP contribution in [-0.4, -0.2) is 50.9 Å². The lowest BCUT2D eigenvalue weighted by atomic mass is 9.45. The van der Waals surface area contributed by atoms with Crippen molar-refractivity contribution in [3.8, 4) is 0 Å². The van der Waals surface area contributed by atoms with Crippen molar-refractivity contribution in [2.24, 2.45) is 28.6 Å². The molecule has 2 unspecified atom stereocenters. The largest absolute Gasteiger partial charge is 0.450 e. The molecule has 0 aliphatic heterocycles. The highest BCUT2D eigenvalue weighted by Crippen LogP contribution is 2.72. The molecule has 0 aromatic heterocycles. The van der Waals surface area contributed by atoms with E-state index in [1.165, 1.54) is 6.08 Å². The molecule has 194 valence electrons. The van der Waals surface area contributed by atoms with Crippen molar-refractivity contribution < 1.29 is 33.7 Å². The molecule has 8 heteroatoms. The SMILES string of the molecule is CCCCC(=O)O[C@]1(C(=O)CO)C(C)C[C@H]2[C@@H]3CCC4=C(F)C(=O)C=C[C@]4(C)[C@@]3(Cl)C(O)C[C@@]21C. The van der Waals surface area contributed by atoms with Gasteiger partial charge in [0.05, 0.1) is 11.0 Å². The molecule has 6 nitrogen and oxygen atoms in total. The fraction of sp³-hybridized carbons (Fsp3) is 0.741. The van der Waals surface area contributed by atoms with E-state index in [2.05, 4.69) is 0 Å². The normalized spacial score (nSPS) is 44.5. The van der Waals surface area contributed by atoms with Crippen LogP contribution in [0.2, 0.25) is 0 Å². The topological polar surface area (TPSA) is 101 Å². The minimum Gasteiger partial charge on any atom is -0.450 e. The van der Waals surface area contributed by atoms with Gasteiger partial charge in [0.2, 0.25) is 11.6 Å². The molecule has 0 bridgehead atoms. The molecule has 3 saturated carbocycles. The van der Waals surface area contributed by atoms with Crippen LogP contribution in [0.15, 0.2) is 23.6 Å². The lowest BCUT2D eigenvalue weighted by Gasteiger charge is -2.64. The fourth-order valence-corrected chi connectivity index (χ4v) is 8.66. The molecule has 0 aromatic carbocycles. The van der Waals surface area contributed by atoms with Crippen LogP contribution >= 0.6 is 11.6 Å². The van der Waals surface area contributed by atoms with Crippen LogP contribution in [0.4, 0.5) is 4.39 Å². The summed E-state index contributed by atoms with van der Waals surface area (Å²) < 4.78 is 21.0. The fourth-order valence-electron chi connectivity index (χ4n) is 8.15. The van der Waals surface area contributed by atoms with E-state index in [1.54, 1.807) is 13.0 Å². The second kappa shape index (κ2) is 8.77. The van der Waals surface area contributed by atoms with Gasteiger partial charge in [-0.2, -0.15) is 0 Å². The number of ether oxygens (including phenoxy) is 1. The van der Waals surface area contributed by atoms with Crippen LogP contribution in [-0.2, 0) is 19.1 Å². The van der Waals surface area contributed by atoms with Crippen LogP contribution in [0, 0.1) is 28.6 Å². The van der Waals surface area contributed by atoms with Crippen molar-refractivity contribution >= 4 is 29.1 Å². The predicted octanol–water partition coefficient (Wildman–Crippen LogP) is 4.20. The van der Waals surface area contributed by atoms with Gasteiger partial charge in [0, 0.05) is 23.2 Å². The Kier molecular flexibility index (Phi) is 6.64. The summed E-state index contributed by atoms with van der Waals surface area (Å²) in [5.74, 6) is -3.50. The van der Waals surface area contributed by atoms with Crippen LogP contribution < -0.4 is 0 Å². The molecule has 0 radical (unpaired) electrons. The van der Waals surface area contributed by atoms with Crippen molar-refractivity contribution in [2.75, 3.05) is 6.61 Å². The number of carbonyl (C=O) groups excluding carboxylic acids is 3. The summed E-state index contributed by atoms with van der Waals surface area (Å²) in [4.78, 5) is 37.0. The van der Waals surface area contributed by atoms with Crippen molar-refractivity contribution in [1.82, 2.24) is 0 Å². The number of halogens is 2. The van der Waals surface area contributed by atoms with Gasteiger partial charge in [-0.3, -0.25) is 14.4 Å². The molecule has 8 atom stereocenters. The Balaban J connectivity index is 1.82. The maximum absolute atomic E-state index is 14.9. The summed E-state index contributed by atoms with van der Waals surface area (Å²) in [5.41, 5.74) is -3.32. The molecule has 2 N–H and O–H groups in total. The Hall–Kier alpha value is -1.57. The third-order valence-corrected chi connectivity index (χ3v) is 10.8. The molecular formula is C27H36ClFO6. The summed E-state index contributed by atoms with van der Waals surface area (Å²) in [6.45, 7) is 6.65. The first-order valence-corrected chi connectivity index (χ1v) is 13.1. The van der Waals surface area contributed by atoms with Gasteiger partial charge >= 0.3 is 5.97 Å². The molecule has 35 heavy (non-hydrogen) atoms. The highest BCUT2D eigenvalue weighted by molar-refractivity contribution is 6.26. The lowest BCUT2D eigenvalue weighted by molar-refractivity contribution is -0.203. The van der Waals surface area contributed by atoms with Gasteiger partial charge in [0.25, 0.3) is 0 Å². The number of carbonyl (C=O) groups is 3. The maximum Gasteiger partial charge on any atom is 0.306 e. The summed E-state index contributed by atoms with van der Waals surface area (Å²) in [6.07, 6.45) is 4.51. The molecule has 0 heterocycles. The molecule has 4 rings (SSSR count). The number of hydrogen-bond acceptors (Lipinski definition) is 6. The zero-order chi connectivity index (χ0) is 26.0. The van der Waals surface area contributed by atoms with E-state index in [0.717, 1.165) is 6.42 Å². The number of Topliss-reactive ketones (excluding diaryl/α,β-unsaturated/α-hetero) is 1. The van der Waals surface area contributed by atoms with Crippen molar-refractivity contribution in [2.45, 2.75) is 89.2 Å². The zero-order valence-corrected chi connectivity index (χ0v) is 21.7. The number of aliphatic hydroxyl groups is 2. The van der Waals surface area contributed by atoms with Crippen molar-refractivity contribution in [3.05, 3.63) is 23.6 Å². The molecule has 0 saturated heterocycles. The second-order valence-corrected chi connectivity index (χ2v) is 12.0. The summed E-state index contributed by atoms with van der Waals surface area (Å²) in [7, 11) is 0. The number of esters is 1. The average molecular weight is 511 g/mol. The van der Waals surface area contributed by atoms with Gasteiger partial charge < -0.3 is 14.9 Å². The number of hydrogen-bond donors (Lipinski definition) is 2. The Morgan fingerprint density at radius 2 is 1.97 bits per heavy atom. The number of fused-ring (bicyclic) bond motifs is 5. The van der Waals surface area contributed by atoms with E-state index in [1.807, 2.05) is 20.8 Å². The first-order chi connectivity index (χ1) is 16.3. The number of unbranched alkanes of at least 4 members (excludes halogenated alkanes) is 1. The van der Waals surface area contributed by atoms with Crippen LogP contribution in [0.3, 0.4) is 0 Å². The van der Waals surface area contributed by atoms with E-state index in [-0.39, 0.29) is 24.7 Å². The number of aliphatic hydroxyl groups excluding tert-OH is 2. The summed E-state index contributed by atoms with van der Waals surface area (Å²) >= 11 is 7.36. The van der Waals surface area contributed by atoms with Gasteiger partial charge in [0.1, 0.15) is 6.61 Å². The van der Waals surface area contributed by atoms with E-state index in [0.29, 0.717) is 31.3 Å². The second-order valence-electron chi connectivity index (χ2n) is 11.4. The highest BCUT2D eigenvalue weighted by Gasteiger charge is 2.76. The standard InChI is InChI=1S/C27H36ClFO6/c1-5-6-7-22(34)35-27(21(33)14-30)15(2)12-18-16-8-9-17-23(29)19(31)10-11-24(17,3)26(16,28)20(32)13-25(18,27)4/h10-11,15-16,18,20,30,32H,5-9,12-14H2,1-4H3/t15?,16-,18-,20?,24-,25-,26-,27-/m0/s1. The predicted molar refractivity (Wildman–Crippen MR) is 128 cm³/mol. The van der Waals surface area contributed by atoms with E-state index in [9.17, 15) is 29.0 Å². The van der Waals surface area contributed by atoms with Crippen molar-refractivity contribution in [3.63, 3.8) is 0 Å². The zero-order valence-electron chi connectivity index (χ0n) is 20.9. The highest BCUT2D eigenvalue weighted by atomic mass is 35.5. The van der Waals surface area contributed by atoms with Crippen LogP contribution in [0.1, 0.15) is 72.6 Å². The Labute approximate surface area is 210 Å². The lowest BCUT2D eigenvalue weighted by Crippen LogP contribution is -2.69. The molecule has 0 amide bonds. The van der Waals surface area contributed by atoms with E-state index >= 15 is 0 Å². The molecule has 3 fully saturated rings. The van der Waals surface area contributed by atoms with Crippen molar-refractivity contribution in [1.29, 1.82) is 0 Å². The van der Waals surface area contributed by atoms with Gasteiger partial charge in [-0.25, -0.2) is 4.39 Å². The number of allylic oxidation sites excluding steroid dienone is 4. The van der Waals surface area contributed by atoms with E-state index < -0.39 is 63.3 Å². The minimum atomic E-state index is -1.59. The van der Waals surface area contributed by atoms with E-state index in [4.69, 9.17) is 16.3 Å². The first kappa shape index (κ1) is 26.5. The van der Waals surface area contributed by atoms with Crippen LogP contribution in [0.25, 0.3) is 0 Å². The summed E-state index contributed by atoms with van der Waals surface area (Å²) in [6, 6.07) is 0. The quantitative estimate of drug-likeness (QED) is 0.410. The molecule has 4 aliphatic rings. The first-order valence-electron chi connectivity index (χ1n) is 12.7. The molecular weight excluding hydrogens is 475 g/mol. The third kappa shape index (κ3) is 3.30.